The zero-order valence-corrected chi connectivity index (χ0v) is 13.6. The highest BCUT2D eigenvalue weighted by Crippen LogP contribution is 2.32. The molecule has 1 atom stereocenters. The van der Waals surface area contributed by atoms with Crippen LogP contribution in [0.15, 0.2) is 42.5 Å². The summed E-state index contributed by atoms with van der Waals surface area (Å²) in [5.41, 5.74) is -0.465. The van der Waals surface area contributed by atoms with Crippen LogP contribution < -0.4 is 5.32 Å². The van der Waals surface area contributed by atoms with Crippen LogP contribution in [-0.2, 0) is 22.3 Å². The number of hydrogen-bond acceptors (Lipinski definition) is 3. The topological polar surface area (TPSA) is 62.1 Å². The fourth-order valence-electron chi connectivity index (χ4n) is 2.28. The molecular formula is C18H14F4N2O2. The maximum Gasteiger partial charge on any atom is 0.416 e. The number of rotatable bonds is 5. The summed E-state index contributed by atoms with van der Waals surface area (Å²) < 4.78 is 57.3. The van der Waals surface area contributed by atoms with Gasteiger partial charge in [0.15, 0.2) is 6.10 Å². The number of ether oxygens (including phenoxy) is 1. The number of halogens is 4. The average molecular weight is 366 g/mol. The first-order chi connectivity index (χ1) is 12.3. The van der Waals surface area contributed by atoms with E-state index in [4.69, 9.17) is 10.00 Å². The van der Waals surface area contributed by atoms with Gasteiger partial charge in [0, 0.05) is 19.2 Å². The molecule has 0 aliphatic carbocycles. The van der Waals surface area contributed by atoms with Crippen molar-refractivity contribution in [3.05, 3.63) is 70.5 Å². The SMILES string of the molecule is CO[C@H](C(=O)NCc1ccc(C#N)cc1)c1cc(C(F)(F)F)ccc1F. The molecule has 1 N–H and O–H groups in total. The molecule has 0 aromatic heterocycles. The first kappa shape index (κ1) is 19.4. The van der Waals surface area contributed by atoms with E-state index in [0.29, 0.717) is 29.3 Å². The van der Waals surface area contributed by atoms with Crippen LogP contribution in [0.3, 0.4) is 0 Å². The number of carbonyl (C=O) groups is 1. The molecule has 0 unspecified atom stereocenters. The molecule has 0 saturated carbocycles. The molecule has 8 heteroatoms. The summed E-state index contributed by atoms with van der Waals surface area (Å²) in [4.78, 5) is 12.2. The second-order valence-electron chi connectivity index (χ2n) is 5.38. The van der Waals surface area contributed by atoms with Crippen LogP contribution in [0, 0.1) is 17.1 Å². The predicted molar refractivity (Wildman–Crippen MR) is 84.2 cm³/mol. The van der Waals surface area contributed by atoms with Crippen molar-refractivity contribution in [2.45, 2.75) is 18.8 Å². The summed E-state index contributed by atoms with van der Waals surface area (Å²) in [5.74, 6) is -1.76. The van der Waals surface area contributed by atoms with E-state index < -0.39 is 35.1 Å². The third-order valence-electron chi connectivity index (χ3n) is 3.63. The minimum absolute atomic E-state index is 0.0466. The lowest BCUT2D eigenvalue weighted by Gasteiger charge is -2.18. The van der Waals surface area contributed by atoms with Gasteiger partial charge in [-0.25, -0.2) is 4.39 Å². The Kier molecular flexibility index (Phi) is 5.95. The monoisotopic (exact) mass is 366 g/mol. The predicted octanol–water partition coefficient (Wildman–Crippen LogP) is 3.72. The second-order valence-corrected chi connectivity index (χ2v) is 5.38. The molecular weight excluding hydrogens is 352 g/mol. The smallest absolute Gasteiger partial charge is 0.367 e. The number of hydrogen-bond donors (Lipinski definition) is 1. The molecule has 0 saturated heterocycles. The molecule has 0 aliphatic rings. The highest BCUT2D eigenvalue weighted by atomic mass is 19.4. The Morgan fingerprint density at radius 3 is 2.42 bits per heavy atom. The van der Waals surface area contributed by atoms with Crippen molar-refractivity contribution in [3.63, 3.8) is 0 Å². The van der Waals surface area contributed by atoms with Crippen molar-refractivity contribution in [1.82, 2.24) is 5.32 Å². The molecule has 0 heterocycles. The third kappa shape index (κ3) is 4.58. The van der Waals surface area contributed by atoms with E-state index in [-0.39, 0.29) is 6.54 Å². The number of methoxy groups -OCH3 is 1. The van der Waals surface area contributed by atoms with Crippen molar-refractivity contribution in [1.29, 1.82) is 5.26 Å². The molecule has 136 valence electrons. The highest BCUT2D eigenvalue weighted by Gasteiger charge is 2.33. The molecule has 0 aliphatic heterocycles. The molecule has 0 bridgehead atoms. The van der Waals surface area contributed by atoms with Crippen molar-refractivity contribution >= 4 is 5.91 Å². The van der Waals surface area contributed by atoms with Gasteiger partial charge in [-0.3, -0.25) is 4.79 Å². The van der Waals surface area contributed by atoms with E-state index >= 15 is 0 Å². The summed E-state index contributed by atoms with van der Waals surface area (Å²) in [5, 5.41) is 11.2. The van der Waals surface area contributed by atoms with Gasteiger partial charge >= 0.3 is 6.18 Å². The Hall–Kier alpha value is -2.92. The van der Waals surface area contributed by atoms with Crippen LogP contribution in [0.4, 0.5) is 17.6 Å². The summed E-state index contributed by atoms with van der Waals surface area (Å²) in [7, 11) is 1.10. The quantitative estimate of drug-likeness (QED) is 0.821. The number of nitrogens with one attached hydrogen (secondary N) is 1. The van der Waals surface area contributed by atoms with Crippen LogP contribution >= 0.6 is 0 Å². The van der Waals surface area contributed by atoms with Gasteiger partial charge in [-0.05, 0) is 35.9 Å². The number of nitriles is 1. The van der Waals surface area contributed by atoms with Crippen molar-refractivity contribution in [2.24, 2.45) is 0 Å². The Morgan fingerprint density at radius 1 is 1.23 bits per heavy atom. The Labute approximate surface area is 147 Å². The zero-order chi connectivity index (χ0) is 19.3. The molecule has 26 heavy (non-hydrogen) atoms. The van der Waals surface area contributed by atoms with Gasteiger partial charge in [-0.15, -0.1) is 0 Å². The highest BCUT2D eigenvalue weighted by molar-refractivity contribution is 5.82. The van der Waals surface area contributed by atoms with Crippen LogP contribution in [0.5, 0.6) is 0 Å². The number of nitrogens with zero attached hydrogens (tertiary/aromatic N) is 1. The maximum atomic E-state index is 13.9. The molecule has 2 aromatic rings. The Morgan fingerprint density at radius 2 is 1.88 bits per heavy atom. The number of benzene rings is 2. The molecule has 4 nitrogen and oxygen atoms in total. The minimum atomic E-state index is -4.67. The van der Waals surface area contributed by atoms with Crippen LogP contribution in [0.25, 0.3) is 0 Å². The lowest BCUT2D eigenvalue weighted by molar-refractivity contribution is -0.138. The Bertz CT molecular complexity index is 827. The van der Waals surface area contributed by atoms with Gasteiger partial charge in [-0.1, -0.05) is 12.1 Å². The first-order valence-electron chi connectivity index (χ1n) is 7.42. The van der Waals surface area contributed by atoms with Gasteiger partial charge in [-0.2, -0.15) is 18.4 Å². The minimum Gasteiger partial charge on any atom is -0.367 e. The van der Waals surface area contributed by atoms with E-state index in [1.165, 1.54) is 0 Å². The third-order valence-corrected chi connectivity index (χ3v) is 3.63. The van der Waals surface area contributed by atoms with Crippen molar-refractivity contribution in [3.8, 4) is 6.07 Å². The largest absolute Gasteiger partial charge is 0.416 e. The van der Waals surface area contributed by atoms with Gasteiger partial charge in [0.25, 0.3) is 5.91 Å². The number of amides is 1. The van der Waals surface area contributed by atoms with Crippen molar-refractivity contribution < 1.29 is 27.1 Å². The standard InChI is InChI=1S/C18H14F4N2O2/c1-26-16(14-8-13(18(20,21)22)6-7-15(14)19)17(25)24-10-12-4-2-11(9-23)3-5-12/h2-8,16H,10H2,1H3,(H,24,25)/t16-/m0/s1. The molecule has 0 spiro atoms. The molecule has 0 fully saturated rings. The number of carbonyl (C=O) groups excluding carboxylic acids is 1. The van der Waals surface area contributed by atoms with E-state index in [9.17, 15) is 22.4 Å². The molecule has 2 rings (SSSR count). The summed E-state index contributed by atoms with van der Waals surface area (Å²) >= 11 is 0. The summed E-state index contributed by atoms with van der Waals surface area (Å²) in [6.45, 7) is 0.0466. The van der Waals surface area contributed by atoms with Gasteiger partial charge in [0.1, 0.15) is 5.82 Å². The van der Waals surface area contributed by atoms with Crippen molar-refractivity contribution in [2.75, 3.05) is 7.11 Å². The first-order valence-corrected chi connectivity index (χ1v) is 7.42. The Balaban J connectivity index is 2.16. The van der Waals surface area contributed by atoms with Crippen LogP contribution in [0.1, 0.15) is 28.4 Å². The molecule has 1 amide bonds. The van der Waals surface area contributed by atoms with Gasteiger partial charge in [0.2, 0.25) is 0 Å². The van der Waals surface area contributed by atoms with E-state index in [2.05, 4.69) is 5.32 Å². The zero-order valence-electron chi connectivity index (χ0n) is 13.6. The fourth-order valence-corrected chi connectivity index (χ4v) is 2.28. The lowest BCUT2D eigenvalue weighted by atomic mass is 10.0. The van der Waals surface area contributed by atoms with Crippen LogP contribution in [-0.4, -0.2) is 13.0 Å². The normalized spacial score (nSPS) is 12.3. The van der Waals surface area contributed by atoms with E-state index in [1.54, 1.807) is 24.3 Å². The van der Waals surface area contributed by atoms with Gasteiger partial charge < -0.3 is 10.1 Å². The van der Waals surface area contributed by atoms with E-state index in [1.807, 2.05) is 6.07 Å². The van der Waals surface area contributed by atoms with E-state index in [0.717, 1.165) is 7.11 Å². The molecule has 2 aromatic carbocycles. The average Bonchev–Trinajstić information content (AvgIpc) is 2.61. The van der Waals surface area contributed by atoms with Crippen LogP contribution in [0.2, 0.25) is 0 Å². The lowest BCUT2D eigenvalue weighted by Crippen LogP contribution is -2.30. The summed E-state index contributed by atoms with van der Waals surface area (Å²) in [6, 6.07) is 10.1. The molecule has 0 radical (unpaired) electrons. The van der Waals surface area contributed by atoms with Gasteiger partial charge in [0.05, 0.1) is 17.2 Å². The second kappa shape index (κ2) is 7.97. The maximum absolute atomic E-state index is 13.9. The number of alkyl halides is 3. The fraction of sp³-hybridized carbons (Fsp3) is 0.222. The summed E-state index contributed by atoms with van der Waals surface area (Å²) in [6.07, 6.45) is -6.20.